The molecule has 3 aromatic rings. The number of hydrogen-bond donors (Lipinski definition) is 2. The first-order valence-electron chi connectivity index (χ1n) is 16.7. The highest BCUT2D eigenvalue weighted by molar-refractivity contribution is 6.74. The summed E-state index contributed by atoms with van der Waals surface area (Å²) in [4.78, 5) is 0. The van der Waals surface area contributed by atoms with Crippen LogP contribution in [-0.4, -0.2) is 85.5 Å². The summed E-state index contributed by atoms with van der Waals surface area (Å²) in [5.74, 6) is 0.906. The first kappa shape index (κ1) is 40.3. The van der Waals surface area contributed by atoms with E-state index in [4.69, 9.17) is 38.0 Å². The fraction of sp³-hybridized carbons (Fsp3) is 0.514. The molecule has 9 nitrogen and oxygen atoms in total. The van der Waals surface area contributed by atoms with Crippen LogP contribution in [0.4, 0.5) is 8.78 Å². The summed E-state index contributed by atoms with van der Waals surface area (Å²) >= 11 is 0. The predicted molar refractivity (Wildman–Crippen MR) is 188 cm³/mol. The van der Waals surface area contributed by atoms with Gasteiger partial charge in [-0.25, -0.2) is 8.78 Å². The zero-order valence-corrected chi connectivity index (χ0v) is 30.5. The lowest BCUT2D eigenvalue weighted by molar-refractivity contribution is 0.00790. The molecule has 0 aromatic heterocycles. The third-order valence-electron chi connectivity index (χ3n) is 8.01. The van der Waals surface area contributed by atoms with Gasteiger partial charge in [-0.2, -0.15) is 0 Å². The van der Waals surface area contributed by atoms with Crippen LogP contribution in [-0.2, 0) is 31.9 Å². The molecule has 0 aliphatic rings. The molecular weight excluding hydrogens is 652 g/mol. The summed E-state index contributed by atoms with van der Waals surface area (Å²) in [6.45, 7) is 15.7. The smallest absolute Gasteiger partial charge is 0.192 e. The zero-order valence-electron chi connectivity index (χ0n) is 29.5. The number of benzene rings is 3. The van der Waals surface area contributed by atoms with Gasteiger partial charge in [0.25, 0.3) is 0 Å². The predicted octanol–water partition coefficient (Wildman–Crippen LogP) is 6.52. The van der Waals surface area contributed by atoms with Crippen molar-refractivity contribution in [3.8, 4) is 17.2 Å². The Hall–Kier alpha value is -3.10. The fourth-order valence-electron chi connectivity index (χ4n) is 4.22. The first-order valence-corrected chi connectivity index (χ1v) is 19.6. The van der Waals surface area contributed by atoms with E-state index < -0.39 is 8.32 Å². The minimum absolute atomic E-state index is 0.00353. The van der Waals surface area contributed by atoms with Gasteiger partial charge < -0.3 is 43.3 Å². The molecule has 0 spiro atoms. The second kappa shape index (κ2) is 21.2. The summed E-state index contributed by atoms with van der Waals surface area (Å²) in [7, 11) is -2.12. The van der Waals surface area contributed by atoms with Gasteiger partial charge in [-0.05, 0) is 65.7 Å². The molecule has 49 heavy (non-hydrogen) atoms. The molecule has 0 amide bonds. The van der Waals surface area contributed by atoms with E-state index in [1.807, 2.05) is 6.07 Å². The third kappa shape index (κ3) is 15.5. The maximum absolute atomic E-state index is 13.5. The minimum atomic E-state index is -2.12. The van der Waals surface area contributed by atoms with E-state index in [-0.39, 0.29) is 42.6 Å². The van der Waals surface area contributed by atoms with Crippen LogP contribution in [0.25, 0.3) is 0 Å². The Morgan fingerprint density at radius 3 is 1.78 bits per heavy atom. The van der Waals surface area contributed by atoms with E-state index in [1.165, 1.54) is 24.3 Å². The average Bonchev–Trinajstić information content (AvgIpc) is 3.07. The lowest BCUT2D eigenvalue weighted by atomic mass is 10.2. The molecule has 0 aliphatic carbocycles. The topological polar surface area (TPSA) is 96.9 Å². The molecule has 1 atom stereocenters. The van der Waals surface area contributed by atoms with Crippen LogP contribution in [0.15, 0.2) is 66.7 Å². The van der Waals surface area contributed by atoms with Crippen LogP contribution >= 0.6 is 0 Å². The van der Waals surface area contributed by atoms with Gasteiger partial charge in [0.05, 0.1) is 52.4 Å². The summed E-state index contributed by atoms with van der Waals surface area (Å²) in [5, 5.41) is 12.2. The SMILES string of the molecule is CC(C)(C)[Si](C)(C)O[C@H](CNCCOCCOCCOCCO)COc1ccc(OCc2ccc(F)cc2)c(OCc2ccc(F)cc2)c1. The number of ether oxygens (including phenoxy) is 6. The number of aliphatic hydroxyl groups is 1. The second-order valence-corrected chi connectivity index (χ2v) is 17.8. The highest BCUT2D eigenvalue weighted by Gasteiger charge is 2.39. The van der Waals surface area contributed by atoms with Gasteiger partial charge >= 0.3 is 0 Å². The molecule has 3 aromatic carbocycles. The zero-order chi connectivity index (χ0) is 35.5. The third-order valence-corrected chi connectivity index (χ3v) is 12.5. The molecule has 0 bridgehead atoms. The van der Waals surface area contributed by atoms with Gasteiger partial charge in [0.1, 0.15) is 37.2 Å². The lowest BCUT2D eigenvalue weighted by Gasteiger charge is -2.39. The second-order valence-electron chi connectivity index (χ2n) is 13.0. The Labute approximate surface area is 290 Å². The quantitative estimate of drug-likeness (QED) is 0.0798. The normalized spacial score (nSPS) is 12.6. The van der Waals surface area contributed by atoms with E-state index in [2.05, 4.69) is 39.2 Å². The fourth-order valence-corrected chi connectivity index (χ4v) is 5.56. The minimum Gasteiger partial charge on any atom is -0.491 e. The van der Waals surface area contributed by atoms with E-state index in [9.17, 15) is 8.78 Å². The Morgan fingerprint density at radius 2 is 1.22 bits per heavy atom. The van der Waals surface area contributed by atoms with Crippen LogP contribution in [0.1, 0.15) is 31.9 Å². The molecular formula is C37H53F2NO8Si. The molecule has 0 saturated heterocycles. The van der Waals surface area contributed by atoms with Gasteiger partial charge in [-0.15, -0.1) is 0 Å². The van der Waals surface area contributed by atoms with Gasteiger partial charge in [0, 0.05) is 19.2 Å². The Bertz CT molecular complexity index is 1340. The first-order chi connectivity index (χ1) is 23.5. The molecule has 0 saturated carbocycles. The van der Waals surface area contributed by atoms with Crippen molar-refractivity contribution < 1.29 is 46.7 Å². The van der Waals surface area contributed by atoms with Crippen molar-refractivity contribution in [3.63, 3.8) is 0 Å². The Balaban J connectivity index is 1.59. The standard InChI is InChI=1S/C37H53F2NO8Si/c1-37(2,3)49(4,5)48-34(25-40-16-18-42-20-22-44-23-21-43-19-17-41)28-45-33-14-15-35(46-26-29-6-10-31(38)11-7-29)36(24-33)47-27-30-8-12-32(39)13-9-30/h6-15,24,34,40-41H,16-23,25-28H2,1-5H3/t34-/m1/s1. The average molecular weight is 706 g/mol. The number of aliphatic hydroxyl groups excluding tert-OH is 1. The van der Waals surface area contributed by atoms with Crippen molar-refractivity contribution in [1.82, 2.24) is 5.32 Å². The highest BCUT2D eigenvalue weighted by atomic mass is 28.4. The van der Waals surface area contributed by atoms with E-state index >= 15 is 0 Å². The Kier molecular flexibility index (Phi) is 17.4. The van der Waals surface area contributed by atoms with Crippen molar-refractivity contribution in [2.24, 2.45) is 0 Å². The number of halogens is 2. The monoisotopic (exact) mass is 705 g/mol. The summed E-state index contributed by atoms with van der Waals surface area (Å²) in [6.07, 6.45) is -0.221. The van der Waals surface area contributed by atoms with Gasteiger partial charge in [0.15, 0.2) is 19.8 Å². The maximum atomic E-state index is 13.5. The van der Waals surface area contributed by atoms with E-state index in [0.717, 1.165) is 11.1 Å². The number of hydrogen-bond acceptors (Lipinski definition) is 9. The van der Waals surface area contributed by atoms with Crippen LogP contribution in [0, 0.1) is 11.6 Å². The summed E-state index contributed by atoms with van der Waals surface area (Å²) in [5.41, 5.74) is 1.61. The van der Waals surface area contributed by atoms with Gasteiger partial charge in [0.2, 0.25) is 0 Å². The molecule has 12 heteroatoms. The number of nitrogens with one attached hydrogen (secondary N) is 1. The molecule has 0 fully saturated rings. The van der Waals surface area contributed by atoms with Crippen molar-refractivity contribution in [1.29, 1.82) is 0 Å². The largest absolute Gasteiger partial charge is 0.491 e. The van der Waals surface area contributed by atoms with E-state index in [0.29, 0.717) is 76.6 Å². The van der Waals surface area contributed by atoms with Crippen molar-refractivity contribution in [2.45, 2.75) is 58.2 Å². The lowest BCUT2D eigenvalue weighted by Crippen LogP contribution is -2.48. The van der Waals surface area contributed by atoms with E-state index in [1.54, 1.807) is 36.4 Å². The Morgan fingerprint density at radius 1 is 0.694 bits per heavy atom. The summed E-state index contributed by atoms with van der Waals surface area (Å²) < 4.78 is 68.3. The summed E-state index contributed by atoms with van der Waals surface area (Å²) in [6, 6.07) is 17.6. The van der Waals surface area contributed by atoms with Crippen molar-refractivity contribution >= 4 is 8.32 Å². The van der Waals surface area contributed by atoms with Crippen LogP contribution in [0.2, 0.25) is 18.1 Å². The molecule has 0 radical (unpaired) electrons. The van der Waals surface area contributed by atoms with Crippen LogP contribution in [0.5, 0.6) is 17.2 Å². The molecule has 2 N–H and O–H groups in total. The van der Waals surface area contributed by atoms with Crippen LogP contribution in [0.3, 0.4) is 0 Å². The molecule has 0 heterocycles. The molecule has 0 aliphatic heterocycles. The van der Waals surface area contributed by atoms with Crippen molar-refractivity contribution in [3.05, 3.63) is 89.5 Å². The molecule has 3 rings (SSSR count). The van der Waals surface area contributed by atoms with Crippen LogP contribution < -0.4 is 19.5 Å². The van der Waals surface area contributed by atoms with Gasteiger partial charge in [-0.3, -0.25) is 0 Å². The number of rotatable bonds is 24. The molecule has 0 unspecified atom stereocenters. The molecule has 272 valence electrons. The van der Waals surface area contributed by atoms with Gasteiger partial charge in [-0.1, -0.05) is 45.0 Å². The maximum Gasteiger partial charge on any atom is 0.192 e. The highest BCUT2D eigenvalue weighted by Crippen LogP contribution is 2.38. The van der Waals surface area contributed by atoms with Crippen molar-refractivity contribution in [2.75, 3.05) is 65.9 Å².